The lowest BCUT2D eigenvalue weighted by Crippen LogP contribution is -2.38. The van der Waals surface area contributed by atoms with Crippen LogP contribution in [0.25, 0.3) is 0 Å². The number of anilines is 2. The summed E-state index contributed by atoms with van der Waals surface area (Å²) in [5.74, 6) is -0.799. The quantitative estimate of drug-likeness (QED) is 0.204. The van der Waals surface area contributed by atoms with E-state index in [2.05, 4.69) is 5.32 Å². The lowest BCUT2D eigenvalue weighted by atomic mass is 10.1. The monoisotopic (exact) mass is 573 g/mol. The molecule has 0 aliphatic rings. The summed E-state index contributed by atoms with van der Waals surface area (Å²) < 4.78 is 48.7. The number of nitrogens with zero attached hydrogens (tertiary/aromatic N) is 2. The number of amides is 1. The summed E-state index contributed by atoms with van der Waals surface area (Å²) in [5, 5.41) is 14.0. The molecule has 1 N–H and O–H groups in total. The number of nitro groups is 1. The molecule has 0 saturated carbocycles. The van der Waals surface area contributed by atoms with Crippen molar-refractivity contribution in [1.82, 2.24) is 0 Å². The number of nitrogens with one attached hydrogen (secondary N) is 1. The summed E-state index contributed by atoms with van der Waals surface area (Å²) in [6, 6.07) is 11.9. The fourth-order valence-corrected chi connectivity index (χ4v) is 5.16. The molecule has 0 aliphatic carbocycles. The Morgan fingerprint density at radius 1 is 0.925 bits per heavy atom. The smallest absolute Gasteiger partial charge is 0.340 e. The molecule has 3 aromatic carbocycles. The Kier molecular flexibility index (Phi) is 9.16. The van der Waals surface area contributed by atoms with Crippen molar-refractivity contribution < 1.29 is 41.9 Å². The van der Waals surface area contributed by atoms with E-state index in [1.54, 1.807) is 0 Å². The number of aryl methyl sites for hydroxylation is 1. The molecule has 3 aromatic rings. The molecule has 0 saturated heterocycles. The van der Waals surface area contributed by atoms with Crippen LogP contribution in [0, 0.1) is 17.0 Å². The van der Waals surface area contributed by atoms with E-state index < -0.39 is 44.0 Å². The highest BCUT2D eigenvalue weighted by molar-refractivity contribution is 7.92. The van der Waals surface area contributed by atoms with Gasteiger partial charge in [0.25, 0.3) is 15.7 Å². The Labute approximate surface area is 230 Å². The van der Waals surface area contributed by atoms with Crippen LogP contribution in [0.3, 0.4) is 0 Å². The first-order valence-corrected chi connectivity index (χ1v) is 13.0. The topological polar surface area (TPSA) is 164 Å². The van der Waals surface area contributed by atoms with Crippen LogP contribution in [-0.2, 0) is 19.6 Å². The molecule has 0 aliphatic heterocycles. The average molecular weight is 574 g/mol. The first kappa shape index (κ1) is 29.7. The molecule has 0 radical (unpaired) electrons. The maximum atomic E-state index is 13.7. The minimum Gasteiger partial charge on any atom is -0.497 e. The third-order valence-corrected chi connectivity index (χ3v) is 7.59. The van der Waals surface area contributed by atoms with E-state index in [-0.39, 0.29) is 34.0 Å². The van der Waals surface area contributed by atoms with Gasteiger partial charge in [0.05, 0.1) is 55.2 Å². The van der Waals surface area contributed by atoms with Gasteiger partial charge in [-0.05, 0) is 37.3 Å². The van der Waals surface area contributed by atoms with Gasteiger partial charge in [0.1, 0.15) is 12.3 Å². The molecule has 0 fully saturated rings. The molecule has 0 unspecified atom stereocenters. The molecule has 3 rings (SSSR count). The second-order valence-corrected chi connectivity index (χ2v) is 10.1. The standard InChI is InChI=1S/C26H27N3O10S/c1-16-6-11-19(12-22(16)29(32)33)40(34,35)28(17-7-9-18(36-2)10-8-17)15-25(30)27-21-14-24(38-4)23(37-3)13-20(21)26(31)39-5/h6-14H,15H2,1-5H3,(H,27,30). The van der Waals surface area contributed by atoms with Gasteiger partial charge in [-0.1, -0.05) is 6.07 Å². The number of carbonyl (C=O) groups is 2. The average Bonchev–Trinajstić information content (AvgIpc) is 2.95. The second-order valence-electron chi connectivity index (χ2n) is 8.21. The summed E-state index contributed by atoms with van der Waals surface area (Å²) in [6.45, 7) is 0.719. The Morgan fingerprint density at radius 2 is 1.55 bits per heavy atom. The number of sulfonamides is 1. The largest absolute Gasteiger partial charge is 0.497 e. The van der Waals surface area contributed by atoms with E-state index in [1.807, 2.05) is 0 Å². The molecule has 40 heavy (non-hydrogen) atoms. The third-order valence-electron chi connectivity index (χ3n) is 5.82. The number of hydrogen-bond donors (Lipinski definition) is 1. The van der Waals surface area contributed by atoms with Crippen LogP contribution in [0.4, 0.5) is 17.1 Å². The summed E-state index contributed by atoms with van der Waals surface area (Å²) >= 11 is 0. The van der Waals surface area contributed by atoms with Gasteiger partial charge in [0.15, 0.2) is 11.5 Å². The zero-order valence-electron chi connectivity index (χ0n) is 22.3. The van der Waals surface area contributed by atoms with Crippen LogP contribution in [0.2, 0.25) is 0 Å². The van der Waals surface area contributed by atoms with E-state index in [0.29, 0.717) is 5.75 Å². The fourth-order valence-electron chi connectivity index (χ4n) is 3.72. The second kappa shape index (κ2) is 12.3. The summed E-state index contributed by atoms with van der Waals surface area (Å²) in [7, 11) is 0.820. The molecule has 13 nitrogen and oxygen atoms in total. The van der Waals surface area contributed by atoms with Crippen LogP contribution in [-0.4, -0.2) is 60.2 Å². The number of esters is 1. The molecular weight excluding hydrogens is 546 g/mol. The molecule has 0 bridgehead atoms. The van der Waals surface area contributed by atoms with Crippen LogP contribution in [0.15, 0.2) is 59.5 Å². The lowest BCUT2D eigenvalue weighted by molar-refractivity contribution is -0.385. The minimum absolute atomic E-state index is 0.0208. The number of hydrogen-bond acceptors (Lipinski definition) is 10. The molecule has 1 amide bonds. The van der Waals surface area contributed by atoms with Crippen molar-refractivity contribution in [2.24, 2.45) is 0 Å². The lowest BCUT2D eigenvalue weighted by Gasteiger charge is -2.24. The SMILES string of the molecule is COC(=O)c1cc(OC)c(OC)cc1NC(=O)CN(c1ccc(OC)cc1)S(=O)(=O)c1ccc(C)c([N+](=O)[O-])c1. The molecule has 0 atom stereocenters. The number of carbonyl (C=O) groups excluding carboxylic acids is 2. The van der Waals surface area contributed by atoms with Gasteiger partial charge in [0.2, 0.25) is 5.91 Å². The first-order chi connectivity index (χ1) is 19.0. The number of benzene rings is 3. The van der Waals surface area contributed by atoms with Crippen LogP contribution < -0.4 is 23.8 Å². The zero-order valence-corrected chi connectivity index (χ0v) is 23.1. The molecule has 212 valence electrons. The third kappa shape index (κ3) is 6.23. The highest BCUT2D eigenvalue weighted by atomic mass is 32.2. The van der Waals surface area contributed by atoms with Crippen molar-refractivity contribution in [3.8, 4) is 17.2 Å². The molecule has 14 heteroatoms. The van der Waals surface area contributed by atoms with Crippen LogP contribution >= 0.6 is 0 Å². The molecule has 0 heterocycles. The molecule has 0 aromatic heterocycles. The molecule has 0 spiro atoms. The zero-order chi connectivity index (χ0) is 29.6. The highest BCUT2D eigenvalue weighted by Gasteiger charge is 2.30. The van der Waals surface area contributed by atoms with E-state index in [1.165, 1.54) is 76.8 Å². The summed E-state index contributed by atoms with van der Waals surface area (Å²) in [5.41, 5.74) is -0.136. The van der Waals surface area contributed by atoms with Gasteiger partial charge < -0.3 is 24.3 Å². The van der Waals surface area contributed by atoms with E-state index in [4.69, 9.17) is 18.9 Å². The van der Waals surface area contributed by atoms with Crippen molar-refractivity contribution in [2.45, 2.75) is 11.8 Å². The number of methoxy groups -OCH3 is 4. The number of nitro benzene ring substituents is 1. The Bertz CT molecular complexity index is 1540. The van der Waals surface area contributed by atoms with Gasteiger partial charge in [0, 0.05) is 23.8 Å². The van der Waals surface area contributed by atoms with Crippen molar-refractivity contribution in [3.63, 3.8) is 0 Å². The van der Waals surface area contributed by atoms with Crippen molar-refractivity contribution in [3.05, 3.63) is 75.8 Å². The summed E-state index contributed by atoms with van der Waals surface area (Å²) in [6.07, 6.45) is 0. The van der Waals surface area contributed by atoms with Crippen molar-refractivity contribution in [2.75, 3.05) is 44.6 Å². The Morgan fingerprint density at radius 3 is 2.10 bits per heavy atom. The number of ether oxygens (including phenoxy) is 4. The minimum atomic E-state index is -4.50. The normalized spacial score (nSPS) is 10.8. The highest BCUT2D eigenvalue weighted by Crippen LogP contribution is 2.34. The van der Waals surface area contributed by atoms with E-state index >= 15 is 0 Å². The predicted octanol–water partition coefficient (Wildman–Crippen LogP) is 3.55. The van der Waals surface area contributed by atoms with Gasteiger partial charge in [-0.25, -0.2) is 13.2 Å². The predicted molar refractivity (Wildman–Crippen MR) is 145 cm³/mol. The maximum absolute atomic E-state index is 13.7. The Hall–Kier alpha value is -4.85. The summed E-state index contributed by atoms with van der Waals surface area (Å²) in [4.78, 5) is 36.1. The maximum Gasteiger partial charge on any atom is 0.340 e. The Balaban J connectivity index is 2.07. The van der Waals surface area contributed by atoms with Crippen molar-refractivity contribution in [1.29, 1.82) is 0 Å². The van der Waals surface area contributed by atoms with Gasteiger partial charge >= 0.3 is 5.97 Å². The van der Waals surface area contributed by atoms with Crippen LogP contribution in [0.1, 0.15) is 15.9 Å². The number of rotatable bonds is 11. The van der Waals surface area contributed by atoms with Crippen molar-refractivity contribution >= 4 is 39.0 Å². The molecular formula is C26H27N3O10S. The van der Waals surface area contributed by atoms with E-state index in [0.717, 1.165) is 17.5 Å². The van der Waals surface area contributed by atoms with E-state index in [9.17, 15) is 28.1 Å². The van der Waals surface area contributed by atoms with Crippen LogP contribution in [0.5, 0.6) is 17.2 Å². The first-order valence-electron chi connectivity index (χ1n) is 11.5. The van der Waals surface area contributed by atoms with Gasteiger partial charge in [-0.15, -0.1) is 0 Å². The van der Waals surface area contributed by atoms with Gasteiger partial charge in [-0.3, -0.25) is 19.2 Å². The van der Waals surface area contributed by atoms with Gasteiger partial charge in [-0.2, -0.15) is 0 Å². The fraction of sp³-hybridized carbons (Fsp3) is 0.231.